The molecule has 0 radical (unpaired) electrons. The average Bonchev–Trinajstić information content (AvgIpc) is 2.87. The zero-order valence-electron chi connectivity index (χ0n) is 16.3. The molecule has 0 spiro atoms. The van der Waals surface area contributed by atoms with E-state index < -0.39 is 5.54 Å². The molecule has 2 fully saturated rings. The highest BCUT2D eigenvalue weighted by Gasteiger charge is 2.42. The molecule has 0 aromatic carbocycles. The van der Waals surface area contributed by atoms with Crippen molar-refractivity contribution >= 4 is 17.8 Å². The van der Waals surface area contributed by atoms with Gasteiger partial charge in [-0.1, -0.05) is 20.8 Å². The standard InChI is InChI=1S/C19H28N4O3/c1-18(2,3)16(24)22-8-6-13(7-9-22)14-10-21-15(11-20-14)23-17(25)26-12-19(23,4)5/h10-11,13H,6-9,12H2,1-5H3. The molecule has 142 valence electrons. The molecule has 0 bridgehead atoms. The van der Waals surface area contributed by atoms with Gasteiger partial charge in [-0.25, -0.2) is 9.78 Å². The van der Waals surface area contributed by atoms with Gasteiger partial charge in [-0.15, -0.1) is 0 Å². The maximum atomic E-state index is 12.4. The zero-order chi connectivity index (χ0) is 19.1. The topological polar surface area (TPSA) is 75.6 Å². The minimum atomic E-state index is -0.425. The molecule has 2 aliphatic heterocycles. The number of likely N-dealkylation sites (tertiary alicyclic amines) is 1. The second-order valence-corrected chi connectivity index (χ2v) is 8.82. The summed E-state index contributed by atoms with van der Waals surface area (Å²) in [6.45, 7) is 11.6. The van der Waals surface area contributed by atoms with Gasteiger partial charge in [-0.2, -0.15) is 0 Å². The first-order valence-corrected chi connectivity index (χ1v) is 9.18. The number of ether oxygens (including phenoxy) is 1. The third-order valence-electron chi connectivity index (χ3n) is 5.07. The molecule has 3 heterocycles. The highest BCUT2D eigenvalue weighted by molar-refractivity contribution is 5.90. The quantitative estimate of drug-likeness (QED) is 0.810. The van der Waals surface area contributed by atoms with Crippen LogP contribution < -0.4 is 4.90 Å². The van der Waals surface area contributed by atoms with Crippen molar-refractivity contribution in [3.05, 3.63) is 18.1 Å². The number of aromatic nitrogens is 2. The molecule has 1 aromatic heterocycles. The van der Waals surface area contributed by atoms with Crippen LogP contribution in [0.4, 0.5) is 10.6 Å². The fourth-order valence-electron chi connectivity index (χ4n) is 3.53. The Hall–Kier alpha value is -2.18. The Kier molecular flexibility index (Phi) is 4.67. The van der Waals surface area contributed by atoms with E-state index in [0.717, 1.165) is 31.6 Å². The Balaban J connectivity index is 1.66. The third kappa shape index (κ3) is 3.52. The molecule has 2 amide bonds. The number of carbonyl (C=O) groups is 2. The summed E-state index contributed by atoms with van der Waals surface area (Å²) in [6, 6.07) is 0. The van der Waals surface area contributed by atoms with Crippen LogP contribution in [0.5, 0.6) is 0 Å². The summed E-state index contributed by atoms with van der Waals surface area (Å²) >= 11 is 0. The molecule has 1 aromatic rings. The average molecular weight is 360 g/mol. The zero-order valence-corrected chi connectivity index (χ0v) is 16.3. The van der Waals surface area contributed by atoms with Crippen LogP contribution >= 0.6 is 0 Å². The molecule has 0 saturated carbocycles. The molecule has 3 rings (SSSR count). The van der Waals surface area contributed by atoms with Crippen molar-refractivity contribution < 1.29 is 14.3 Å². The largest absolute Gasteiger partial charge is 0.447 e. The van der Waals surface area contributed by atoms with E-state index in [9.17, 15) is 9.59 Å². The number of amides is 2. The second kappa shape index (κ2) is 6.52. The summed E-state index contributed by atoms with van der Waals surface area (Å²) in [6.07, 6.45) is 4.78. The number of hydrogen-bond donors (Lipinski definition) is 0. The Bertz CT molecular complexity index is 686. The van der Waals surface area contributed by atoms with Gasteiger partial charge in [0, 0.05) is 24.4 Å². The maximum absolute atomic E-state index is 12.4. The van der Waals surface area contributed by atoms with Crippen molar-refractivity contribution in [3.63, 3.8) is 0 Å². The molecule has 2 aliphatic rings. The number of piperidine rings is 1. The van der Waals surface area contributed by atoms with Crippen molar-refractivity contribution in [2.75, 3.05) is 24.6 Å². The van der Waals surface area contributed by atoms with Crippen LogP contribution in [-0.2, 0) is 9.53 Å². The maximum Gasteiger partial charge on any atom is 0.416 e. The van der Waals surface area contributed by atoms with E-state index >= 15 is 0 Å². The van der Waals surface area contributed by atoms with Crippen LogP contribution in [0.3, 0.4) is 0 Å². The van der Waals surface area contributed by atoms with Gasteiger partial charge in [0.05, 0.1) is 23.6 Å². The third-order valence-corrected chi connectivity index (χ3v) is 5.07. The van der Waals surface area contributed by atoms with E-state index in [2.05, 4.69) is 9.97 Å². The fraction of sp³-hybridized carbons (Fsp3) is 0.684. The van der Waals surface area contributed by atoms with Crippen LogP contribution in [0.2, 0.25) is 0 Å². The Morgan fingerprint density at radius 1 is 1.19 bits per heavy atom. The number of carbonyl (C=O) groups excluding carboxylic acids is 2. The minimum Gasteiger partial charge on any atom is -0.447 e. The van der Waals surface area contributed by atoms with Crippen molar-refractivity contribution in [2.45, 2.75) is 58.9 Å². The molecule has 0 aliphatic carbocycles. The van der Waals surface area contributed by atoms with Crippen LogP contribution in [0, 0.1) is 5.41 Å². The van der Waals surface area contributed by atoms with Crippen LogP contribution in [0.25, 0.3) is 0 Å². The lowest BCUT2D eigenvalue weighted by molar-refractivity contribution is -0.140. The Morgan fingerprint density at radius 3 is 2.31 bits per heavy atom. The van der Waals surface area contributed by atoms with E-state index in [1.807, 2.05) is 39.5 Å². The SMILES string of the molecule is CC(C)(C)C(=O)N1CCC(c2cnc(N3C(=O)OCC3(C)C)cn2)CC1. The summed E-state index contributed by atoms with van der Waals surface area (Å²) in [4.78, 5) is 36.9. The van der Waals surface area contributed by atoms with Crippen molar-refractivity contribution in [3.8, 4) is 0 Å². The van der Waals surface area contributed by atoms with E-state index in [0.29, 0.717) is 18.3 Å². The van der Waals surface area contributed by atoms with Crippen molar-refractivity contribution in [1.82, 2.24) is 14.9 Å². The van der Waals surface area contributed by atoms with Gasteiger partial charge in [0.2, 0.25) is 5.91 Å². The minimum absolute atomic E-state index is 0.201. The predicted octanol–water partition coefficient (Wildman–Crippen LogP) is 2.96. The molecule has 7 heteroatoms. The van der Waals surface area contributed by atoms with Crippen molar-refractivity contribution in [1.29, 1.82) is 0 Å². The van der Waals surface area contributed by atoms with Gasteiger partial charge >= 0.3 is 6.09 Å². The number of anilines is 1. The molecule has 0 unspecified atom stereocenters. The number of nitrogens with zero attached hydrogens (tertiary/aromatic N) is 4. The lowest BCUT2D eigenvalue weighted by atomic mass is 9.90. The summed E-state index contributed by atoms with van der Waals surface area (Å²) in [5.41, 5.74) is 0.152. The van der Waals surface area contributed by atoms with Gasteiger partial charge in [-0.3, -0.25) is 14.7 Å². The van der Waals surface area contributed by atoms with Gasteiger partial charge < -0.3 is 9.64 Å². The summed E-state index contributed by atoms with van der Waals surface area (Å²) < 4.78 is 5.13. The Labute approximate surface area is 154 Å². The molecular formula is C19H28N4O3. The molecule has 0 atom stereocenters. The molecule has 2 saturated heterocycles. The van der Waals surface area contributed by atoms with Crippen LogP contribution in [0.1, 0.15) is 59.1 Å². The number of rotatable bonds is 2. The van der Waals surface area contributed by atoms with Crippen LogP contribution in [0.15, 0.2) is 12.4 Å². The van der Waals surface area contributed by atoms with Crippen molar-refractivity contribution in [2.24, 2.45) is 5.41 Å². The first-order chi connectivity index (χ1) is 12.1. The lowest BCUT2D eigenvalue weighted by Crippen LogP contribution is -2.44. The summed E-state index contributed by atoms with van der Waals surface area (Å²) in [7, 11) is 0. The van der Waals surface area contributed by atoms with E-state index in [4.69, 9.17) is 4.74 Å². The number of cyclic esters (lactones) is 1. The Morgan fingerprint density at radius 2 is 1.85 bits per heavy atom. The smallest absolute Gasteiger partial charge is 0.416 e. The monoisotopic (exact) mass is 360 g/mol. The molecule has 26 heavy (non-hydrogen) atoms. The summed E-state index contributed by atoms with van der Waals surface area (Å²) in [5, 5.41) is 0. The summed E-state index contributed by atoms with van der Waals surface area (Å²) in [5.74, 6) is 1.01. The van der Waals surface area contributed by atoms with Gasteiger partial charge in [0.15, 0.2) is 5.82 Å². The first kappa shape index (κ1) is 18.6. The second-order valence-electron chi connectivity index (χ2n) is 8.82. The van der Waals surface area contributed by atoms with Crippen LogP contribution in [-0.4, -0.2) is 52.1 Å². The molecule has 7 nitrogen and oxygen atoms in total. The van der Waals surface area contributed by atoms with Gasteiger partial charge in [-0.05, 0) is 26.7 Å². The first-order valence-electron chi connectivity index (χ1n) is 9.18. The number of hydrogen-bond acceptors (Lipinski definition) is 5. The highest BCUT2D eigenvalue weighted by Crippen LogP contribution is 2.31. The normalized spacial score (nSPS) is 21.0. The molecule has 0 N–H and O–H groups in total. The van der Waals surface area contributed by atoms with E-state index in [1.54, 1.807) is 17.3 Å². The predicted molar refractivity (Wildman–Crippen MR) is 97.9 cm³/mol. The highest BCUT2D eigenvalue weighted by atomic mass is 16.6. The van der Waals surface area contributed by atoms with Gasteiger partial charge in [0.25, 0.3) is 0 Å². The van der Waals surface area contributed by atoms with E-state index in [1.165, 1.54) is 0 Å². The van der Waals surface area contributed by atoms with E-state index in [-0.39, 0.29) is 17.4 Å². The lowest BCUT2D eigenvalue weighted by Gasteiger charge is -2.35. The fourth-order valence-corrected chi connectivity index (χ4v) is 3.53. The van der Waals surface area contributed by atoms with Gasteiger partial charge in [0.1, 0.15) is 6.61 Å². The molecular weight excluding hydrogens is 332 g/mol.